The van der Waals surface area contributed by atoms with E-state index in [1.165, 1.54) is 9.35 Å². The first-order valence-corrected chi connectivity index (χ1v) is 6.90. The second kappa shape index (κ2) is 6.06. The smallest absolute Gasteiger partial charge is 0.0441 e. The van der Waals surface area contributed by atoms with E-state index < -0.39 is 0 Å². The summed E-state index contributed by atoms with van der Waals surface area (Å²) >= 11 is 7.18. The highest BCUT2D eigenvalue weighted by atomic mass is 79.9. The van der Waals surface area contributed by atoms with Gasteiger partial charge in [0.2, 0.25) is 0 Å². The molecule has 0 aliphatic heterocycles. The van der Waals surface area contributed by atoms with Crippen LogP contribution in [0.3, 0.4) is 0 Å². The molecule has 0 amide bonds. The molecular formula is C9H13BrOS2. The molecule has 0 spiro atoms. The van der Waals surface area contributed by atoms with Gasteiger partial charge in [0.25, 0.3) is 0 Å². The van der Waals surface area contributed by atoms with Gasteiger partial charge >= 0.3 is 0 Å². The van der Waals surface area contributed by atoms with Crippen LogP contribution in [0.2, 0.25) is 0 Å². The Kier molecular flexibility index (Phi) is 5.39. The summed E-state index contributed by atoms with van der Waals surface area (Å²) in [5, 5.41) is 11.4. The van der Waals surface area contributed by atoms with Crippen molar-refractivity contribution in [2.24, 2.45) is 0 Å². The normalized spacial score (nSPS) is 13.2. The summed E-state index contributed by atoms with van der Waals surface area (Å²) in [4.78, 5) is 1.38. The number of aliphatic hydroxyl groups excluding tert-OH is 1. The Labute approximate surface area is 95.7 Å². The second-order valence-corrected chi connectivity index (χ2v) is 6.11. The van der Waals surface area contributed by atoms with Crippen molar-refractivity contribution in [1.82, 2.24) is 0 Å². The van der Waals surface area contributed by atoms with Crippen LogP contribution < -0.4 is 0 Å². The van der Waals surface area contributed by atoms with Gasteiger partial charge in [-0.1, -0.05) is 6.92 Å². The maximum Gasteiger partial charge on any atom is 0.0441 e. The predicted molar refractivity (Wildman–Crippen MR) is 64.5 cm³/mol. The summed E-state index contributed by atoms with van der Waals surface area (Å²) in [5.41, 5.74) is 0. The van der Waals surface area contributed by atoms with Crippen LogP contribution in [-0.2, 0) is 5.75 Å². The Balaban J connectivity index is 2.30. The van der Waals surface area contributed by atoms with Crippen LogP contribution in [0, 0.1) is 0 Å². The topological polar surface area (TPSA) is 20.2 Å². The second-order valence-electron chi connectivity index (χ2n) is 2.83. The lowest BCUT2D eigenvalue weighted by molar-refractivity contribution is 0.289. The first kappa shape index (κ1) is 11.6. The van der Waals surface area contributed by atoms with E-state index in [2.05, 4.69) is 34.3 Å². The highest BCUT2D eigenvalue weighted by Gasteiger charge is 2.05. The molecule has 0 aromatic carbocycles. The van der Waals surface area contributed by atoms with Crippen molar-refractivity contribution in [3.05, 3.63) is 20.8 Å². The number of hydrogen-bond acceptors (Lipinski definition) is 3. The van der Waals surface area contributed by atoms with E-state index in [0.29, 0.717) is 11.9 Å². The standard InChI is InChI=1S/C9H13BrOS2/c1-7(2-4-11)13-6-9-8(10)3-5-12-9/h3,5,7,11H,2,4,6H2,1H3. The van der Waals surface area contributed by atoms with Gasteiger partial charge in [-0.05, 0) is 33.8 Å². The Morgan fingerprint density at radius 1 is 1.69 bits per heavy atom. The first-order valence-electron chi connectivity index (χ1n) is 4.18. The fourth-order valence-corrected chi connectivity index (χ4v) is 3.71. The molecule has 0 bridgehead atoms. The first-order chi connectivity index (χ1) is 6.24. The highest BCUT2D eigenvalue weighted by molar-refractivity contribution is 9.10. The van der Waals surface area contributed by atoms with E-state index in [1.807, 2.05) is 11.8 Å². The summed E-state index contributed by atoms with van der Waals surface area (Å²) in [7, 11) is 0. The minimum Gasteiger partial charge on any atom is -0.396 e. The monoisotopic (exact) mass is 280 g/mol. The van der Waals surface area contributed by atoms with E-state index in [0.717, 1.165) is 12.2 Å². The molecule has 1 nitrogen and oxygen atoms in total. The molecule has 1 N–H and O–H groups in total. The fraction of sp³-hybridized carbons (Fsp3) is 0.556. The Hall–Kier alpha value is 0.490. The Morgan fingerprint density at radius 3 is 3.00 bits per heavy atom. The maximum absolute atomic E-state index is 8.73. The van der Waals surface area contributed by atoms with Gasteiger partial charge in [-0.25, -0.2) is 0 Å². The molecule has 1 rings (SSSR count). The van der Waals surface area contributed by atoms with Crippen molar-refractivity contribution in [3.8, 4) is 0 Å². The summed E-state index contributed by atoms with van der Waals surface area (Å²) in [5.74, 6) is 1.04. The van der Waals surface area contributed by atoms with Crippen LogP contribution in [0.25, 0.3) is 0 Å². The third-order valence-electron chi connectivity index (χ3n) is 1.73. The molecule has 1 aromatic heterocycles. The lowest BCUT2D eigenvalue weighted by atomic mass is 10.3. The minimum absolute atomic E-state index is 0.291. The van der Waals surface area contributed by atoms with Crippen LogP contribution in [0.1, 0.15) is 18.2 Å². The van der Waals surface area contributed by atoms with Gasteiger partial charge in [-0.2, -0.15) is 11.8 Å². The van der Waals surface area contributed by atoms with Crippen molar-refractivity contribution in [3.63, 3.8) is 0 Å². The van der Waals surface area contributed by atoms with Gasteiger partial charge < -0.3 is 5.11 Å². The van der Waals surface area contributed by atoms with E-state index >= 15 is 0 Å². The quantitative estimate of drug-likeness (QED) is 0.891. The predicted octanol–water partition coefficient (Wildman–Crippen LogP) is 3.51. The number of rotatable bonds is 5. The third-order valence-corrected chi connectivity index (χ3v) is 5.09. The number of halogens is 1. The van der Waals surface area contributed by atoms with Gasteiger partial charge in [-0.15, -0.1) is 11.3 Å². The zero-order valence-electron chi connectivity index (χ0n) is 7.50. The average Bonchev–Trinajstić information content (AvgIpc) is 2.48. The average molecular weight is 281 g/mol. The number of hydrogen-bond donors (Lipinski definition) is 1. The molecule has 74 valence electrons. The Morgan fingerprint density at radius 2 is 2.46 bits per heavy atom. The third kappa shape index (κ3) is 4.02. The molecule has 0 saturated heterocycles. The molecule has 4 heteroatoms. The molecule has 13 heavy (non-hydrogen) atoms. The lowest BCUT2D eigenvalue weighted by Crippen LogP contribution is -1.99. The van der Waals surface area contributed by atoms with Crippen LogP contribution in [0.4, 0.5) is 0 Å². The summed E-state index contributed by atoms with van der Waals surface area (Å²) in [6, 6.07) is 2.08. The maximum atomic E-state index is 8.73. The summed E-state index contributed by atoms with van der Waals surface area (Å²) in [6.07, 6.45) is 0.883. The van der Waals surface area contributed by atoms with Gasteiger partial charge in [-0.3, -0.25) is 0 Å². The molecule has 1 heterocycles. The van der Waals surface area contributed by atoms with Crippen molar-refractivity contribution >= 4 is 39.0 Å². The van der Waals surface area contributed by atoms with E-state index in [9.17, 15) is 0 Å². The van der Waals surface area contributed by atoms with Crippen LogP contribution >= 0.6 is 39.0 Å². The van der Waals surface area contributed by atoms with Gasteiger partial charge in [0.1, 0.15) is 0 Å². The molecular weight excluding hydrogens is 268 g/mol. The lowest BCUT2D eigenvalue weighted by Gasteiger charge is -2.07. The van der Waals surface area contributed by atoms with Gasteiger partial charge in [0.15, 0.2) is 0 Å². The number of aliphatic hydroxyl groups is 1. The summed E-state index contributed by atoms with van der Waals surface area (Å²) in [6.45, 7) is 2.45. The molecule has 0 aliphatic carbocycles. The summed E-state index contributed by atoms with van der Waals surface area (Å²) < 4.78 is 1.21. The molecule has 1 unspecified atom stereocenters. The van der Waals surface area contributed by atoms with Gasteiger partial charge in [0.05, 0.1) is 0 Å². The van der Waals surface area contributed by atoms with E-state index in [4.69, 9.17) is 5.11 Å². The van der Waals surface area contributed by atoms with E-state index in [-0.39, 0.29) is 0 Å². The number of thiophene rings is 1. The van der Waals surface area contributed by atoms with E-state index in [1.54, 1.807) is 11.3 Å². The molecule has 1 aromatic rings. The molecule has 1 atom stereocenters. The number of thioether (sulfide) groups is 1. The zero-order chi connectivity index (χ0) is 9.68. The van der Waals surface area contributed by atoms with Crippen molar-refractivity contribution in [2.75, 3.05) is 6.61 Å². The highest BCUT2D eigenvalue weighted by Crippen LogP contribution is 2.29. The molecule has 0 saturated carbocycles. The van der Waals surface area contributed by atoms with Crippen LogP contribution in [-0.4, -0.2) is 17.0 Å². The molecule has 0 aliphatic rings. The van der Waals surface area contributed by atoms with Gasteiger partial charge in [0, 0.05) is 27.0 Å². The SMILES string of the molecule is CC(CCO)SCc1sccc1Br. The fourth-order valence-electron chi connectivity index (χ4n) is 0.911. The van der Waals surface area contributed by atoms with Crippen molar-refractivity contribution < 1.29 is 5.11 Å². The molecule has 0 fully saturated rings. The van der Waals surface area contributed by atoms with Crippen LogP contribution in [0.5, 0.6) is 0 Å². The Bertz CT molecular complexity index is 250. The van der Waals surface area contributed by atoms with Crippen molar-refractivity contribution in [1.29, 1.82) is 0 Å². The largest absolute Gasteiger partial charge is 0.396 e. The minimum atomic E-state index is 0.291. The van der Waals surface area contributed by atoms with Crippen LogP contribution in [0.15, 0.2) is 15.9 Å². The zero-order valence-corrected chi connectivity index (χ0v) is 10.7. The van der Waals surface area contributed by atoms with Crippen molar-refractivity contribution in [2.45, 2.75) is 24.3 Å². The molecule has 0 radical (unpaired) electrons.